The molecule has 0 N–H and O–H groups in total. The Morgan fingerprint density at radius 2 is 1.76 bits per heavy atom. The second-order valence-electron chi connectivity index (χ2n) is 7.28. The number of fused-ring (bicyclic) bond motifs is 1. The predicted octanol–water partition coefficient (Wildman–Crippen LogP) is 2.85. The van der Waals surface area contributed by atoms with Crippen LogP contribution in [0.1, 0.15) is 42.4 Å². The highest BCUT2D eigenvalue weighted by Crippen LogP contribution is 2.27. The van der Waals surface area contributed by atoms with E-state index < -0.39 is 0 Å². The monoisotopic (exact) mass is 343 g/mol. The van der Waals surface area contributed by atoms with Crippen LogP contribution in [0, 0.1) is 0 Å². The fourth-order valence-corrected chi connectivity index (χ4v) is 3.20. The molecule has 0 bridgehead atoms. The lowest BCUT2D eigenvalue weighted by Crippen LogP contribution is -2.37. The maximum absolute atomic E-state index is 12.9. The largest absolute Gasteiger partial charge is 0.497 e. The normalized spacial score (nSPS) is 14.2. The van der Waals surface area contributed by atoms with Gasteiger partial charge < -0.3 is 14.4 Å². The van der Waals surface area contributed by atoms with E-state index in [1.54, 1.807) is 32.4 Å². The Balaban J connectivity index is 1.85. The maximum Gasteiger partial charge on any atom is 0.254 e. The van der Waals surface area contributed by atoms with Gasteiger partial charge in [0.05, 0.1) is 26.0 Å². The number of rotatable bonds is 3. The van der Waals surface area contributed by atoms with Gasteiger partial charge in [-0.2, -0.15) is 5.10 Å². The average molecular weight is 343 g/mol. The molecule has 0 saturated heterocycles. The Kier molecular flexibility index (Phi) is 4.45. The highest BCUT2D eigenvalue weighted by molar-refractivity contribution is 5.95. The van der Waals surface area contributed by atoms with E-state index in [0.717, 1.165) is 12.0 Å². The molecule has 0 atom stereocenters. The van der Waals surface area contributed by atoms with Crippen LogP contribution in [0.4, 0.5) is 0 Å². The van der Waals surface area contributed by atoms with Crippen molar-refractivity contribution in [3.63, 3.8) is 0 Å². The minimum atomic E-state index is -0.0556. The Hall–Kier alpha value is -2.50. The molecule has 6 nitrogen and oxygen atoms in total. The second-order valence-corrected chi connectivity index (χ2v) is 7.28. The topological polar surface area (TPSA) is 56.6 Å². The zero-order valence-electron chi connectivity index (χ0n) is 15.5. The molecule has 0 saturated carbocycles. The van der Waals surface area contributed by atoms with Crippen molar-refractivity contribution in [3.8, 4) is 11.5 Å². The van der Waals surface area contributed by atoms with E-state index in [9.17, 15) is 4.79 Å². The summed E-state index contributed by atoms with van der Waals surface area (Å²) in [5.41, 5.74) is 2.85. The first-order valence-corrected chi connectivity index (χ1v) is 8.42. The number of carbonyl (C=O) groups excluding carboxylic acids is 1. The van der Waals surface area contributed by atoms with E-state index in [1.807, 2.05) is 11.1 Å². The summed E-state index contributed by atoms with van der Waals surface area (Å²) >= 11 is 0. The molecule has 6 heteroatoms. The molecule has 1 aliphatic rings. The molecule has 0 unspecified atom stereocenters. The van der Waals surface area contributed by atoms with Gasteiger partial charge >= 0.3 is 0 Å². The van der Waals surface area contributed by atoms with E-state index in [4.69, 9.17) is 9.47 Å². The fraction of sp³-hybridized carbons (Fsp3) is 0.474. The zero-order chi connectivity index (χ0) is 18.2. The quantitative estimate of drug-likeness (QED) is 0.860. The number of methoxy groups -OCH3 is 2. The number of benzene rings is 1. The summed E-state index contributed by atoms with van der Waals surface area (Å²) in [5, 5.41) is 4.53. The minimum Gasteiger partial charge on any atom is -0.497 e. The molecule has 1 aromatic carbocycles. The van der Waals surface area contributed by atoms with E-state index in [-0.39, 0.29) is 11.4 Å². The Morgan fingerprint density at radius 1 is 1.12 bits per heavy atom. The molecule has 2 aromatic rings. The average Bonchev–Trinajstić information content (AvgIpc) is 3.03. The molecule has 0 spiro atoms. The summed E-state index contributed by atoms with van der Waals surface area (Å²) in [5.74, 6) is 1.20. The molecule has 134 valence electrons. The van der Waals surface area contributed by atoms with Gasteiger partial charge in [-0.15, -0.1) is 0 Å². The third-order valence-corrected chi connectivity index (χ3v) is 4.46. The van der Waals surface area contributed by atoms with Crippen molar-refractivity contribution in [3.05, 3.63) is 41.2 Å². The first kappa shape index (κ1) is 17.3. The molecule has 25 heavy (non-hydrogen) atoms. The predicted molar refractivity (Wildman–Crippen MR) is 95.2 cm³/mol. The summed E-state index contributed by atoms with van der Waals surface area (Å²) in [6, 6.07) is 5.26. The standard InChI is InChI=1S/C19H25N3O3/c1-19(2,3)22-17-6-7-21(12-14(17)11-20-22)18(23)13-8-15(24-4)10-16(9-13)25-5/h8-11H,6-7,12H2,1-5H3. The van der Waals surface area contributed by atoms with Gasteiger partial charge in [-0.25, -0.2) is 0 Å². The number of hydrogen-bond donors (Lipinski definition) is 0. The van der Waals surface area contributed by atoms with Crippen LogP contribution in [0.3, 0.4) is 0 Å². The highest BCUT2D eigenvalue weighted by Gasteiger charge is 2.28. The second kappa shape index (κ2) is 6.43. The van der Waals surface area contributed by atoms with Crippen LogP contribution in [-0.2, 0) is 18.5 Å². The molecule has 2 heterocycles. The number of carbonyl (C=O) groups is 1. The van der Waals surface area contributed by atoms with Crippen LogP contribution < -0.4 is 9.47 Å². The van der Waals surface area contributed by atoms with Crippen molar-refractivity contribution in [2.75, 3.05) is 20.8 Å². The van der Waals surface area contributed by atoms with Crippen LogP contribution in [-0.4, -0.2) is 41.4 Å². The Labute approximate surface area is 148 Å². The molecule has 0 radical (unpaired) electrons. The number of hydrogen-bond acceptors (Lipinski definition) is 4. The van der Waals surface area contributed by atoms with E-state index in [0.29, 0.717) is 30.2 Å². The number of amides is 1. The summed E-state index contributed by atoms with van der Waals surface area (Å²) in [6.45, 7) is 7.66. The molecule has 3 rings (SSSR count). The number of nitrogens with zero attached hydrogens (tertiary/aromatic N) is 3. The van der Waals surface area contributed by atoms with Crippen LogP contribution in [0.15, 0.2) is 24.4 Å². The molecule has 0 fully saturated rings. The first-order chi connectivity index (χ1) is 11.8. The summed E-state index contributed by atoms with van der Waals surface area (Å²) < 4.78 is 12.6. The first-order valence-electron chi connectivity index (χ1n) is 8.42. The Morgan fingerprint density at radius 3 is 2.32 bits per heavy atom. The van der Waals surface area contributed by atoms with E-state index >= 15 is 0 Å². The third-order valence-electron chi connectivity index (χ3n) is 4.46. The van der Waals surface area contributed by atoms with Gasteiger partial charge in [-0.05, 0) is 32.9 Å². The van der Waals surface area contributed by atoms with Crippen molar-refractivity contribution in [2.45, 2.75) is 39.3 Å². The van der Waals surface area contributed by atoms with E-state index in [2.05, 4.69) is 30.6 Å². The van der Waals surface area contributed by atoms with Gasteiger partial charge in [0.1, 0.15) is 11.5 Å². The molecular weight excluding hydrogens is 318 g/mol. The maximum atomic E-state index is 12.9. The third kappa shape index (κ3) is 3.34. The van der Waals surface area contributed by atoms with Gasteiger partial charge in [0.15, 0.2) is 0 Å². The lowest BCUT2D eigenvalue weighted by Gasteiger charge is -2.30. The van der Waals surface area contributed by atoms with Crippen molar-refractivity contribution in [2.24, 2.45) is 0 Å². The lowest BCUT2D eigenvalue weighted by atomic mass is 10.0. The number of ether oxygens (including phenoxy) is 2. The van der Waals surface area contributed by atoms with Gasteiger partial charge in [0.25, 0.3) is 5.91 Å². The SMILES string of the molecule is COc1cc(OC)cc(C(=O)N2CCc3c(cnn3C(C)(C)C)C2)c1. The molecule has 1 aliphatic heterocycles. The van der Waals surface area contributed by atoms with Gasteiger partial charge in [-0.3, -0.25) is 9.48 Å². The fourth-order valence-electron chi connectivity index (χ4n) is 3.20. The van der Waals surface area contributed by atoms with Crippen LogP contribution >= 0.6 is 0 Å². The van der Waals surface area contributed by atoms with Gasteiger partial charge in [-0.1, -0.05) is 0 Å². The lowest BCUT2D eigenvalue weighted by molar-refractivity contribution is 0.0731. The van der Waals surface area contributed by atoms with Crippen LogP contribution in [0.5, 0.6) is 11.5 Å². The summed E-state index contributed by atoms with van der Waals surface area (Å²) in [7, 11) is 3.16. The summed E-state index contributed by atoms with van der Waals surface area (Å²) in [6.07, 6.45) is 2.69. The van der Waals surface area contributed by atoms with Gasteiger partial charge in [0.2, 0.25) is 0 Å². The van der Waals surface area contributed by atoms with Crippen molar-refractivity contribution in [1.29, 1.82) is 0 Å². The van der Waals surface area contributed by atoms with Crippen LogP contribution in [0.25, 0.3) is 0 Å². The minimum absolute atomic E-state index is 0.0219. The molecular formula is C19H25N3O3. The highest BCUT2D eigenvalue weighted by atomic mass is 16.5. The number of aromatic nitrogens is 2. The molecule has 1 amide bonds. The van der Waals surface area contributed by atoms with E-state index in [1.165, 1.54) is 5.69 Å². The molecule has 1 aromatic heterocycles. The summed E-state index contributed by atoms with van der Waals surface area (Å²) in [4.78, 5) is 14.8. The van der Waals surface area contributed by atoms with Gasteiger partial charge in [0, 0.05) is 42.4 Å². The van der Waals surface area contributed by atoms with Crippen molar-refractivity contribution < 1.29 is 14.3 Å². The zero-order valence-corrected chi connectivity index (χ0v) is 15.5. The van der Waals surface area contributed by atoms with Crippen molar-refractivity contribution in [1.82, 2.24) is 14.7 Å². The molecule has 0 aliphatic carbocycles. The van der Waals surface area contributed by atoms with Crippen LogP contribution in [0.2, 0.25) is 0 Å². The smallest absolute Gasteiger partial charge is 0.254 e. The van der Waals surface area contributed by atoms with Crippen molar-refractivity contribution >= 4 is 5.91 Å². The Bertz CT molecular complexity index is 767.